The van der Waals surface area contributed by atoms with Crippen LogP contribution in [-0.2, 0) is 16.6 Å². The normalized spacial score (nSPS) is 22.4. The van der Waals surface area contributed by atoms with Crippen molar-refractivity contribution in [1.29, 1.82) is 0 Å². The van der Waals surface area contributed by atoms with Crippen LogP contribution in [0.1, 0.15) is 36.6 Å². The van der Waals surface area contributed by atoms with Crippen LogP contribution in [0.4, 0.5) is 0 Å². The maximum atomic E-state index is 12.6. The van der Waals surface area contributed by atoms with Gasteiger partial charge in [0, 0.05) is 24.5 Å². The van der Waals surface area contributed by atoms with E-state index in [0.717, 1.165) is 29.7 Å². The van der Waals surface area contributed by atoms with Crippen LogP contribution in [0, 0.1) is 12.8 Å². The minimum Gasteiger partial charge on any atom is -0.326 e. The first-order chi connectivity index (χ1) is 8.95. The van der Waals surface area contributed by atoms with Crippen LogP contribution in [0.15, 0.2) is 10.3 Å². The molecule has 19 heavy (non-hydrogen) atoms. The molecule has 4 nitrogen and oxygen atoms in total. The number of rotatable bonds is 3. The van der Waals surface area contributed by atoms with E-state index in [4.69, 9.17) is 5.73 Å². The first-order valence-corrected chi connectivity index (χ1v) is 9.00. The molecule has 0 aliphatic carbocycles. The van der Waals surface area contributed by atoms with Crippen molar-refractivity contribution in [2.75, 3.05) is 13.1 Å². The molecular formula is C13H22N2O2S2. The average molecular weight is 302 g/mol. The smallest absolute Gasteiger partial charge is 0.252 e. The van der Waals surface area contributed by atoms with E-state index in [1.54, 1.807) is 10.4 Å². The summed E-state index contributed by atoms with van der Waals surface area (Å²) in [6.07, 6.45) is 3.02. The van der Waals surface area contributed by atoms with E-state index in [1.807, 2.05) is 6.92 Å². The standard InChI is InChI=1S/C13H22N2O2S2/c1-10-4-3-6-15(7-5-10)19(16,17)13-8-11(2)12(9-14)18-13/h8,10H,3-7,9,14H2,1-2H3. The van der Waals surface area contributed by atoms with Crippen molar-refractivity contribution < 1.29 is 8.42 Å². The van der Waals surface area contributed by atoms with E-state index in [-0.39, 0.29) is 0 Å². The molecule has 1 aliphatic heterocycles. The van der Waals surface area contributed by atoms with Crippen LogP contribution < -0.4 is 5.73 Å². The molecule has 0 amide bonds. The summed E-state index contributed by atoms with van der Waals surface area (Å²) >= 11 is 1.31. The SMILES string of the molecule is Cc1cc(S(=O)(=O)N2CCCC(C)CC2)sc1CN. The van der Waals surface area contributed by atoms with Crippen molar-refractivity contribution >= 4 is 21.4 Å². The highest BCUT2D eigenvalue weighted by molar-refractivity contribution is 7.91. The van der Waals surface area contributed by atoms with Gasteiger partial charge in [-0.15, -0.1) is 11.3 Å². The Hall–Kier alpha value is -0.430. The van der Waals surface area contributed by atoms with E-state index in [9.17, 15) is 8.42 Å². The van der Waals surface area contributed by atoms with Gasteiger partial charge in [-0.2, -0.15) is 4.31 Å². The second-order valence-electron chi connectivity index (χ2n) is 5.32. The van der Waals surface area contributed by atoms with Crippen LogP contribution >= 0.6 is 11.3 Å². The molecule has 1 aromatic rings. The predicted octanol–water partition coefficient (Wildman–Crippen LogP) is 2.33. The maximum Gasteiger partial charge on any atom is 0.252 e. The Kier molecular flexibility index (Phi) is 4.66. The summed E-state index contributed by atoms with van der Waals surface area (Å²) < 4.78 is 27.3. The van der Waals surface area contributed by atoms with Crippen molar-refractivity contribution in [2.45, 2.75) is 43.9 Å². The molecule has 1 aromatic heterocycles. The van der Waals surface area contributed by atoms with Crippen molar-refractivity contribution in [3.05, 3.63) is 16.5 Å². The van der Waals surface area contributed by atoms with Gasteiger partial charge in [-0.25, -0.2) is 8.42 Å². The third kappa shape index (κ3) is 3.18. The number of nitrogens with two attached hydrogens (primary N) is 1. The van der Waals surface area contributed by atoms with Crippen molar-refractivity contribution in [2.24, 2.45) is 11.7 Å². The lowest BCUT2D eigenvalue weighted by atomic mass is 10.0. The molecule has 1 saturated heterocycles. The van der Waals surface area contributed by atoms with E-state index < -0.39 is 10.0 Å². The van der Waals surface area contributed by atoms with Gasteiger partial charge in [0.15, 0.2) is 0 Å². The largest absolute Gasteiger partial charge is 0.326 e. The fourth-order valence-electron chi connectivity index (χ4n) is 2.42. The zero-order valence-electron chi connectivity index (χ0n) is 11.6. The zero-order chi connectivity index (χ0) is 14.0. The van der Waals surface area contributed by atoms with Crippen LogP contribution in [0.5, 0.6) is 0 Å². The lowest BCUT2D eigenvalue weighted by Crippen LogP contribution is -2.31. The molecule has 0 radical (unpaired) electrons. The third-order valence-corrected chi connectivity index (χ3v) is 7.36. The molecule has 1 unspecified atom stereocenters. The molecule has 6 heteroatoms. The van der Waals surface area contributed by atoms with Gasteiger partial charge in [0.2, 0.25) is 0 Å². The minimum atomic E-state index is -3.32. The Labute approximate surface area is 119 Å². The van der Waals surface area contributed by atoms with E-state index in [1.165, 1.54) is 11.3 Å². The summed E-state index contributed by atoms with van der Waals surface area (Å²) in [5, 5.41) is 0. The van der Waals surface area contributed by atoms with E-state index >= 15 is 0 Å². The average Bonchev–Trinajstić information content (AvgIpc) is 2.60. The lowest BCUT2D eigenvalue weighted by Gasteiger charge is -2.18. The van der Waals surface area contributed by atoms with E-state index in [2.05, 4.69) is 6.92 Å². The van der Waals surface area contributed by atoms with Gasteiger partial charge in [-0.3, -0.25) is 0 Å². The predicted molar refractivity (Wildman–Crippen MR) is 78.7 cm³/mol. The summed E-state index contributed by atoms with van der Waals surface area (Å²) in [7, 11) is -3.32. The van der Waals surface area contributed by atoms with Gasteiger partial charge >= 0.3 is 0 Å². The van der Waals surface area contributed by atoms with Crippen molar-refractivity contribution in [3.8, 4) is 0 Å². The second kappa shape index (κ2) is 5.91. The van der Waals surface area contributed by atoms with Crippen molar-refractivity contribution in [3.63, 3.8) is 0 Å². The first-order valence-electron chi connectivity index (χ1n) is 6.74. The lowest BCUT2D eigenvalue weighted by molar-refractivity contribution is 0.418. The molecule has 108 valence electrons. The Bertz CT molecular complexity index is 537. The highest BCUT2D eigenvalue weighted by Gasteiger charge is 2.28. The monoisotopic (exact) mass is 302 g/mol. The van der Waals surface area contributed by atoms with Crippen molar-refractivity contribution in [1.82, 2.24) is 4.31 Å². The molecule has 0 aromatic carbocycles. The first kappa shape index (κ1) is 15.0. The van der Waals surface area contributed by atoms with E-state index in [0.29, 0.717) is 29.8 Å². The maximum absolute atomic E-state index is 12.6. The van der Waals surface area contributed by atoms with Crippen LogP contribution in [0.25, 0.3) is 0 Å². The van der Waals surface area contributed by atoms with Gasteiger partial charge in [-0.1, -0.05) is 6.92 Å². The second-order valence-corrected chi connectivity index (χ2v) is 8.62. The molecular weight excluding hydrogens is 280 g/mol. The number of hydrogen-bond acceptors (Lipinski definition) is 4. The fraction of sp³-hybridized carbons (Fsp3) is 0.692. The summed E-state index contributed by atoms with van der Waals surface area (Å²) in [5.41, 5.74) is 6.61. The number of aryl methyl sites for hydroxylation is 1. The van der Waals surface area contributed by atoms with Gasteiger partial charge in [-0.05, 0) is 43.7 Å². The topological polar surface area (TPSA) is 63.4 Å². The molecule has 2 N–H and O–H groups in total. The fourth-order valence-corrected chi connectivity index (χ4v) is 5.54. The Morgan fingerprint density at radius 2 is 2.16 bits per heavy atom. The number of hydrogen-bond donors (Lipinski definition) is 1. The van der Waals surface area contributed by atoms with Gasteiger partial charge in [0.05, 0.1) is 0 Å². The third-order valence-electron chi connectivity index (χ3n) is 3.75. The number of sulfonamides is 1. The highest BCUT2D eigenvalue weighted by Crippen LogP contribution is 2.30. The highest BCUT2D eigenvalue weighted by atomic mass is 32.2. The molecule has 0 spiro atoms. The van der Waals surface area contributed by atoms with Crippen LogP contribution in [-0.4, -0.2) is 25.8 Å². The van der Waals surface area contributed by atoms with Crippen LogP contribution in [0.2, 0.25) is 0 Å². The van der Waals surface area contributed by atoms with Gasteiger partial charge in [0.1, 0.15) is 4.21 Å². The summed E-state index contributed by atoms with van der Waals surface area (Å²) in [5.74, 6) is 0.616. The molecule has 0 bridgehead atoms. The minimum absolute atomic E-state index is 0.406. The Balaban J connectivity index is 2.25. The summed E-state index contributed by atoms with van der Waals surface area (Å²) in [4.78, 5) is 0.960. The molecule has 1 atom stereocenters. The summed E-state index contributed by atoms with van der Waals surface area (Å²) in [6.45, 7) is 5.79. The number of thiophene rings is 1. The summed E-state index contributed by atoms with van der Waals surface area (Å²) in [6, 6.07) is 1.76. The molecule has 1 aliphatic rings. The van der Waals surface area contributed by atoms with Gasteiger partial charge < -0.3 is 5.73 Å². The zero-order valence-corrected chi connectivity index (χ0v) is 13.2. The quantitative estimate of drug-likeness (QED) is 0.932. The Morgan fingerprint density at radius 3 is 2.79 bits per heavy atom. The molecule has 2 rings (SSSR count). The molecule has 1 fully saturated rings. The van der Waals surface area contributed by atoms with Gasteiger partial charge in [0.25, 0.3) is 10.0 Å². The number of nitrogens with zero attached hydrogens (tertiary/aromatic N) is 1. The molecule has 0 saturated carbocycles. The Morgan fingerprint density at radius 1 is 1.42 bits per heavy atom. The molecule has 2 heterocycles. The van der Waals surface area contributed by atoms with Crippen LogP contribution in [0.3, 0.4) is 0 Å².